The standard InChI is InChI=1S/C13H8N2O11S2/c16-13(7-1-9(14(17)18)5-11(3-7)27(21,22)23)8-2-10(15(19)20)6-12(4-8)28(24,25)26/h1-6H,(H,21,22,23)(H,24,25,26). The van der Waals surface area contributed by atoms with Crippen LogP contribution in [0, 0.1) is 20.2 Å². The van der Waals surface area contributed by atoms with Crippen molar-refractivity contribution in [3.63, 3.8) is 0 Å². The monoisotopic (exact) mass is 432 g/mol. The van der Waals surface area contributed by atoms with Crippen molar-refractivity contribution >= 4 is 37.4 Å². The second-order valence-corrected chi connectivity index (χ2v) is 8.07. The average molecular weight is 432 g/mol. The Labute approximate surface area is 156 Å². The van der Waals surface area contributed by atoms with E-state index >= 15 is 0 Å². The second kappa shape index (κ2) is 7.04. The van der Waals surface area contributed by atoms with Gasteiger partial charge in [-0.15, -0.1) is 0 Å². The minimum Gasteiger partial charge on any atom is -0.289 e. The van der Waals surface area contributed by atoms with Crippen LogP contribution in [-0.2, 0) is 20.2 Å². The molecule has 0 aliphatic heterocycles. The molecule has 0 aliphatic carbocycles. The van der Waals surface area contributed by atoms with Gasteiger partial charge in [-0.25, -0.2) is 0 Å². The molecule has 2 rings (SSSR count). The SMILES string of the molecule is O=C(c1cc([N+](=O)[O-])cc(S(=O)(=O)O)c1)c1cc([N+](=O)[O-])cc(S(=O)(=O)O)c1. The van der Waals surface area contributed by atoms with E-state index in [0.29, 0.717) is 36.4 Å². The van der Waals surface area contributed by atoms with Crippen LogP contribution in [0.2, 0.25) is 0 Å². The summed E-state index contributed by atoms with van der Waals surface area (Å²) < 4.78 is 63.2. The third-order valence-corrected chi connectivity index (χ3v) is 4.99. The van der Waals surface area contributed by atoms with Crippen LogP contribution >= 0.6 is 0 Å². The number of nitro groups is 2. The molecule has 2 N–H and O–H groups in total. The summed E-state index contributed by atoms with van der Waals surface area (Å²) in [5.41, 5.74) is -3.13. The van der Waals surface area contributed by atoms with E-state index in [2.05, 4.69) is 0 Å². The van der Waals surface area contributed by atoms with Gasteiger partial charge in [-0.2, -0.15) is 16.8 Å². The summed E-state index contributed by atoms with van der Waals surface area (Å²) >= 11 is 0. The molecule has 28 heavy (non-hydrogen) atoms. The molecule has 13 nitrogen and oxygen atoms in total. The Hall–Kier alpha value is -3.27. The summed E-state index contributed by atoms with van der Waals surface area (Å²) in [6.07, 6.45) is 0. The van der Waals surface area contributed by atoms with Crippen molar-refractivity contribution in [2.45, 2.75) is 9.79 Å². The fraction of sp³-hybridized carbons (Fsp3) is 0. The van der Waals surface area contributed by atoms with Gasteiger partial charge in [-0.3, -0.25) is 34.1 Å². The molecule has 0 atom stereocenters. The van der Waals surface area contributed by atoms with E-state index < -0.39 is 68.2 Å². The van der Waals surface area contributed by atoms with Gasteiger partial charge in [0, 0.05) is 35.4 Å². The Kier molecular flexibility index (Phi) is 5.29. The molecule has 2 aromatic rings. The van der Waals surface area contributed by atoms with Crippen LogP contribution in [-0.4, -0.2) is 41.6 Å². The maximum absolute atomic E-state index is 12.6. The van der Waals surface area contributed by atoms with E-state index in [0.717, 1.165) is 0 Å². The highest BCUT2D eigenvalue weighted by atomic mass is 32.2. The average Bonchev–Trinajstić information content (AvgIpc) is 2.58. The zero-order chi connectivity index (χ0) is 21.4. The van der Waals surface area contributed by atoms with Crippen LogP contribution < -0.4 is 0 Å². The number of carbonyl (C=O) groups excluding carboxylic acids is 1. The zero-order valence-corrected chi connectivity index (χ0v) is 14.9. The zero-order valence-electron chi connectivity index (χ0n) is 13.2. The van der Waals surface area contributed by atoms with Gasteiger partial charge in [0.2, 0.25) is 0 Å². The molecule has 0 bridgehead atoms. The maximum Gasteiger partial charge on any atom is 0.294 e. The molecule has 0 aromatic heterocycles. The van der Waals surface area contributed by atoms with Gasteiger partial charge in [0.15, 0.2) is 5.78 Å². The van der Waals surface area contributed by atoms with Crippen LogP contribution in [0.3, 0.4) is 0 Å². The number of hydrogen-bond donors (Lipinski definition) is 2. The molecule has 0 unspecified atom stereocenters. The van der Waals surface area contributed by atoms with Crippen LogP contribution in [0.25, 0.3) is 0 Å². The Morgan fingerprint density at radius 3 is 1.29 bits per heavy atom. The van der Waals surface area contributed by atoms with Gasteiger partial charge < -0.3 is 0 Å². The molecular weight excluding hydrogens is 424 g/mol. The van der Waals surface area contributed by atoms with Crippen LogP contribution in [0.1, 0.15) is 15.9 Å². The molecule has 0 heterocycles. The smallest absolute Gasteiger partial charge is 0.289 e. The lowest BCUT2D eigenvalue weighted by molar-refractivity contribution is -0.385. The van der Waals surface area contributed by atoms with Crippen molar-refractivity contribution in [3.05, 3.63) is 67.8 Å². The summed E-state index contributed by atoms with van der Waals surface area (Å²) in [4.78, 5) is 30.3. The summed E-state index contributed by atoms with van der Waals surface area (Å²) in [5, 5.41) is 21.9. The van der Waals surface area contributed by atoms with Gasteiger partial charge in [0.05, 0.1) is 9.85 Å². The minimum atomic E-state index is -4.95. The van der Waals surface area contributed by atoms with Gasteiger partial charge in [-0.05, 0) is 12.1 Å². The molecular formula is C13H8N2O11S2. The fourth-order valence-corrected chi connectivity index (χ4v) is 3.20. The van der Waals surface area contributed by atoms with E-state index in [1.165, 1.54) is 0 Å². The summed E-state index contributed by atoms with van der Waals surface area (Å²) in [6.45, 7) is 0. The third kappa shape index (κ3) is 4.52. The highest BCUT2D eigenvalue weighted by molar-refractivity contribution is 7.86. The molecule has 0 amide bonds. The highest BCUT2D eigenvalue weighted by Crippen LogP contribution is 2.26. The van der Waals surface area contributed by atoms with E-state index in [9.17, 15) is 41.9 Å². The van der Waals surface area contributed by atoms with Gasteiger partial charge in [0.1, 0.15) is 9.79 Å². The first kappa shape index (κ1) is 21.0. The number of non-ortho nitro benzene ring substituents is 2. The molecule has 0 radical (unpaired) electrons. The van der Waals surface area contributed by atoms with Crippen molar-refractivity contribution in [2.75, 3.05) is 0 Å². The number of carbonyl (C=O) groups is 1. The molecule has 0 fully saturated rings. The van der Waals surface area contributed by atoms with E-state index in [1.807, 2.05) is 0 Å². The van der Waals surface area contributed by atoms with Crippen molar-refractivity contribution in [1.29, 1.82) is 0 Å². The van der Waals surface area contributed by atoms with Crippen LogP contribution in [0.15, 0.2) is 46.2 Å². The molecule has 148 valence electrons. The predicted molar refractivity (Wildman–Crippen MR) is 89.3 cm³/mol. The second-order valence-electron chi connectivity index (χ2n) is 5.22. The minimum absolute atomic E-state index is 0.475. The summed E-state index contributed by atoms with van der Waals surface area (Å²) in [7, 11) is -9.90. The molecule has 0 saturated heterocycles. The predicted octanol–water partition coefficient (Wildman–Crippen LogP) is 1.23. The van der Waals surface area contributed by atoms with Crippen LogP contribution in [0.5, 0.6) is 0 Å². The molecule has 15 heteroatoms. The first-order valence-electron chi connectivity index (χ1n) is 6.79. The van der Waals surface area contributed by atoms with Gasteiger partial charge in [-0.1, -0.05) is 0 Å². The molecule has 0 spiro atoms. The Morgan fingerprint density at radius 2 is 1.04 bits per heavy atom. The summed E-state index contributed by atoms with van der Waals surface area (Å²) in [6, 6.07) is 3.34. The molecule has 0 saturated carbocycles. The molecule has 0 aliphatic rings. The number of benzene rings is 2. The number of hydrogen-bond acceptors (Lipinski definition) is 9. The number of nitrogens with zero attached hydrogens (tertiary/aromatic N) is 2. The van der Waals surface area contributed by atoms with Crippen molar-refractivity contribution in [3.8, 4) is 0 Å². The highest BCUT2D eigenvalue weighted by Gasteiger charge is 2.24. The molecule has 2 aromatic carbocycles. The summed E-state index contributed by atoms with van der Waals surface area (Å²) in [5.74, 6) is -1.23. The van der Waals surface area contributed by atoms with E-state index in [-0.39, 0.29) is 0 Å². The van der Waals surface area contributed by atoms with Crippen molar-refractivity contribution in [1.82, 2.24) is 0 Å². The third-order valence-electron chi connectivity index (χ3n) is 3.32. The normalized spacial score (nSPS) is 11.8. The lowest BCUT2D eigenvalue weighted by Crippen LogP contribution is -2.08. The number of rotatable bonds is 6. The Morgan fingerprint density at radius 1 is 0.714 bits per heavy atom. The maximum atomic E-state index is 12.6. The Balaban J connectivity index is 2.76. The fourth-order valence-electron chi connectivity index (χ4n) is 2.10. The lowest BCUT2D eigenvalue weighted by Gasteiger charge is -2.06. The van der Waals surface area contributed by atoms with Crippen molar-refractivity contribution < 1.29 is 40.6 Å². The number of nitro benzene ring substituents is 2. The largest absolute Gasteiger partial charge is 0.294 e. The quantitative estimate of drug-likeness (QED) is 0.286. The first-order valence-corrected chi connectivity index (χ1v) is 9.67. The van der Waals surface area contributed by atoms with E-state index in [1.54, 1.807) is 0 Å². The number of ketones is 1. The van der Waals surface area contributed by atoms with E-state index in [4.69, 9.17) is 9.11 Å². The van der Waals surface area contributed by atoms with Gasteiger partial charge >= 0.3 is 0 Å². The topological polar surface area (TPSA) is 212 Å². The van der Waals surface area contributed by atoms with Crippen molar-refractivity contribution in [2.24, 2.45) is 0 Å². The first-order chi connectivity index (χ1) is 12.7. The van der Waals surface area contributed by atoms with Gasteiger partial charge in [0.25, 0.3) is 31.6 Å². The lowest BCUT2D eigenvalue weighted by atomic mass is 10.0. The Bertz CT molecular complexity index is 1140. The van der Waals surface area contributed by atoms with Crippen LogP contribution in [0.4, 0.5) is 11.4 Å².